The largest absolute Gasteiger partial charge is 0.456 e. The number of hydrogen-bond acceptors (Lipinski definition) is 1. The summed E-state index contributed by atoms with van der Waals surface area (Å²) in [6, 6.07) is 18.6. The third-order valence-corrected chi connectivity index (χ3v) is 5.89. The lowest BCUT2D eigenvalue weighted by atomic mass is 9.92. The van der Waals surface area contributed by atoms with Crippen LogP contribution >= 0.6 is 0 Å². The van der Waals surface area contributed by atoms with Gasteiger partial charge >= 0.3 is 0 Å². The highest BCUT2D eigenvalue weighted by atomic mass is 16.3. The van der Waals surface area contributed by atoms with Crippen LogP contribution < -0.4 is 4.57 Å². The monoisotopic (exact) mass is 405 g/mol. The standard InChI is InChI=1S/C28H23N2O/c1-17-13-19(3)30(5)24(14-17)26-18(2)15-23(20-9-7-6-8-10-20)27-22-12-11-21(29-4)16-25(22)31-28(26)27/h6-16H,1-3,5H3/q+1/i13D,14D. The number of fused-ring (bicyclic) bond motifs is 3. The molecule has 0 fully saturated rings. The van der Waals surface area contributed by atoms with Gasteiger partial charge in [-0.25, -0.2) is 4.85 Å². The van der Waals surface area contributed by atoms with Gasteiger partial charge in [0.25, 0.3) is 0 Å². The van der Waals surface area contributed by atoms with Crippen molar-refractivity contribution >= 4 is 27.6 Å². The van der Waals surface area contributed by atoms with Gasteiger partial charge in [0.15, 0.2) is 11.4 Å². The Morgan fingerprint density at radius 1 is 1.00 bits per heavy atom. The van der Waals surface area contributed by atoms with Gasteiger partial charge < -0.3 is 4.42 Å². The second-order valence-corrected chi connectivity index (χ2v) is 7.95. The Bertz CT molecular complexity index is 1600. The normalized spacial score (nSPS) is 12.1. The van der Waals surface area contributed by atoms with Crippen molar-refractivity contribution in [1.82, 2.24) is 0 Å². The van der Waals surface area contributed by atoms with Crippen LogP contribution in [0.5, 0.6) is 0 Å². The van der Waals surface area contributed by atoms with Crippen LogP contribution in [-0.2, 0) is 7.05 Å². The molecule has 0 radical (unpaired) electrons. The van der Waals surface area contributed by atoms with Gasteiger partial charge in [-0.3, -0.25) is 0 Å². The van der Waals surface area contributed by atoms with Crippen LogP contribution in [0.4, 0.5) is 5.69 Å². The fourth-order valence-corrected chi connectivity index (χ4v) is 4.32. The van der Waals surface area contributed by atoms with Gasteiger partial charge in [-0.2, -0.15) is 4.57 Å². The van der Waals surface area contributed by atoms with E-state index in [1.807, 2.05) is 62.7 Å². The molecule has 3 aromatic carbocycles. The number of pyridine rings is 1. The third kappa shape index (κ3) is 3.00. The van der Waals surface area contributed by atoms with E-state index in [9.17, 15) is 0 Å². The van der Waals surface area contributed by atoms with Gasteiger partial charge in [0.2, 0.25) is 5.69 Å². The average molecular weight is 406 g/mol. The Balaban J connectivity index is 2.00. The van der Waals surface area contributed by atoms with E-state index in [1.54, 1.807) is 6.07 Å². The lowest BCUT2D eigenvalue weighted by Crippen LogP contribution is -2.35. The molecule has 0 atom stereocenters. The van der Waals surface area contributed by atoms with E-state index < -0.39 is 0 Å². The molecule has 5 rings (SSSR count). The fraction of sp³-hybridized carbons (Fsp3) is 0.143. The topological polar surface area (TPSA) is 21.4 Å². The van der Waals surface area contributed by atoms with E-state index in [4.69, 9.17) is 13.7 Å². The minimum Gasteiger partial charge on any atom is -0.456 e. The van der Waals surface area contributed by atoms with Gasteiger partial charge in [-0.15, -0.1) is 0 Å². The summed E-state index contributed by atoms with van der Waals surface area (Å²) in [6.07, 6.45) is 0. The average Bonchev–Trinajstić information content (AvgIpc) is 3.21. The van der Waals surface area contributed by atoms with Crippen LogP contribution in [0.15, 0.2) is 71.1 Å². The number of aromatic nitrogens is 1. The van der Waals surface area contributed by atoms with Gasteiger partial charge in [-0.05, 0) is 48.2 Å². The number of nitrogens with zero attached hydrogens (tertiary/aromatic N) is 2. The Labute approximate surface area is 184 Å². The molecule has 0 unspecified atom stereocenters. The summed E-state index contributed by atoms with van der Waals surface area (Å²) in [5.74, 6) is 0. The summed E-state index contributed by atoms with van der Waals surface area (Å²) in [4.78, 5) is 3.57. The number of aryl methyl sites for hydroxylation is 1. The van der Waals surface area contributed by atoms with Crippen molar-refractivity contribution in [3.63, 3.8) is 0 Å². The minimum absolute atomic E-state index is 0.326. The smallest absolute Gasteiger partial charge is 0.216 e. The predicted octanol–water partition coefficient (Wildman–Crippen LogP) is 7.22. The molecule has 0 aliphatic heterocycles. The SMILES string of the molecule is [2H]c1c(C)c([2H])c(-c2c(C)cc(-c3ccccc3)c3c2oc2cc([N+]#[C-])ccc23)[n+](C)c1C. The van der Waals surface area contributed by atoms with Crippen molar-refractivity contribution in [1.29, 1.82) is 0 Å². The van der Waals surface area contributed by atoms with Crippen molar-refractivity contribution in [2.45, 2.75) is 20.8 Å². The minimum atomic E-state index is 0.326. The number of rotatable bonds is 2. The van der Waals surface area contributed by atoms with Gasteiger partial charge in [0.1, 0.15) is 18.2 Å². The highest BCUT2D eigenvalue weighted by molar-refractivity contribution is 6.17. The van der Waals surface area contributed by atoms with Crippen molar-refractivity contribution in [2.75, 3.05) is 0 Å². The quantitative estimate of drug-likeness (QED) is 0.224. The van der Waals surface area contributed by atoms with Gasteiger partial charge in [-0.1, -0.05) is 42.5 Å². The molecule has 0 saturated carbocycles. The van der Waals surface area contributed by atoms with Crippen LogP contribution in [0, 0.1) is 27.3 Å². The summed E-state index contributed by atoms with van der Waals surface area (Å²) < 4.78 is 25.6. The second kappa shape index (κ2) is 7.11. The number of furan rings is 1. The van der Waals surface area contributed by atoms with Crippen molar-refractivity contribution in [3.05, 3.63) is 94.9 Å². The summed E-state index contributed by atoms with van der Waals surface area (Å²) >= 11 is 0. The first-order chi connectivity index (χ1) is 15.8. The zero-order chi connectivity index (χ0) is 23.4. The van der Waals surface area contributed by atoms with E-state index in [0.29, 0.717) is 34.5 Å². The van der Waals surface area contributed by atoms with E-state index in [1.165, 1.54) is 0 Å². The van der Waals surface area contributed by atoms with Crippen molar-refractivity contribution < 1.29 is 11.7 Å². The van der Waals surface area contributed by atoms with E-state index >= 15 is 0 Å². The summed E-state index contributed by atoms with van der Waals surface area (Å²) in [5.41, 5.74) is 8.03. The second-order valence-electron chi connectivity index (χ2n) is 7.95. The molecule has 150 valence electrons. The Kier molecular flexibility index (Phi) is 3.86. The van der Waals surface area contributed by atoms with E-state index in [0.717, 1.165) is 44.4 Å². The molecule has 3 nitrogen and oxygen atoms in total. The Morgan fingerprint density at radius 2 is 1.77 bits per heavy atom. The fourth-order valence-electron chi connectivity index (χ4n) is 4.32. The molecule has 0 saturated heterocycles. The lowest BCUT2D eigenvalue weighted by molar-refractivity contribution is -0.666. The first-order valence-corrected chi connectivity index (χ1v) is 10.2. The van der Waals surface area contributed by atoms with Gasteiger partial charge in [0, 0.05) is 29.8 Å². The first kappa shape index (κ1) is 16.8. The molecule has 0 aliphatic rings. The zero-order valence-electron chi connectivity index (χ0n) is 20.0. The molecule has 0 bridgehead atoms. The number of hydrogen-bond donors (Lipinski definition) is 0. The molecule has 2 heterocycles. The van der Waals surface area contributed by atoms with Crippen molar-refractivity contribution in [3.8, 4) is 22.4 Å². The van der Waals surface area contributed by atoms with Gasteiger partial charge in [0.05, 0.1) is 14.9 Å². The van der Waals surface area contributed by atoms with E-state index in [2.05, 4.69) is 23.0 Å². The summed E-state index contributed by atoms with van der Waals surface area (Å²) in [7, 11) is 1.90. The van der Waals surface area contributed by atoms with Crippen LogP contribution in [0.2, 0.25) is 0 Å². The zero-order valence-corrected chi connectivity index (χ0v) is 18.0. The van der Waals surface area contributed by atoms with Crippen LogP contribution in [0.3, 0.4) is 0 Å². The lowest BCUT2D eigenvalue weighted by Gasteiger charge is -2.12. The Hall–Kier alpha value is -3.90. The third-order valence-electron chi connectivity index (χ3n) is 5.89. The summed E-state index contributed by atoms with van der Waals surface area (Å²) in [5, 5.41) is 1.91. The maximum Gasteiger partial charge on any atom is 0.216 e. The molecule has 2 aromatic heterocycles. The van der Waals surface area contributed by atoms with Crippen LogP contribution in [-0.4, -0.2) is 0 Å². The highest BCUT2D eigenvalue weighted by Crippen LogP contribution is 2.43. The van der Waals surface area contributed by atoms with Crippen molar-refractivity contribution in [2.24, 2.45) is 7.05 Å². The molecule has 0 amide bonds. The first-order valence-electron chi connectivity index (χ1n) is 11.2. The maximum absolute atomic E-state index is 8.88. The molecule has 3 heteroatoms. The molecule has 31 heavy (non-hydrogen) atoms. The van der Waals surface area contributed by atoms with E-state index in [-0.39, 0.29) is 0 Å². The molecular formula is C28H23N2O+. The van der Waals surface area contributed by atoms with Crippen LogP contribution in [0.25, 0.3) is 49.2 Å². The molecule has 0 spiro atoms. The predicted molar refractivity (Wildman–Crippen MR) is 126 cm³/mol. The van der Waals surface area contributed by atoms with Crippen LogP contribution in [0.1, 0.15) is 19.6 Å². The Morgan fingerprint density at radius 3 is 2.52 bits per heavy atom. The molecule has 5 aromatic rings. The molecule has 0 aliphatic carbocycles. The molecule has 0 N–H and O–H groups in total. The highest BCUT2D eigenvalue weighted by Gasteiger charge is 2.24. The summed E-state index contributed by atoms with van der Waals surface area (Å²) in [6.45, 7) is 13.2. The molecular weight excluding hydrogens is 380 g/mol. The maximum atomic E-state index is 8.88. The number of benzene rings is 3.